The summed E-state index contributed by atoms with van der Waals surface area (Å²) in [6, 6.07) is 11.6. The van der Waals surface area contributed by atoms with E-state index in [1.807, 2.05) is 41.0 Å². The molecule has 0 fully saturated rings. The molecule has 0 N–H and O–H groups in total. The fourth-order valence-corrected chi connectivity index (χ4v) is 2.86. The van der Waals surface area contributed by atoms with Gasteiger partial charge in [0.15, 0.2) is 5.82 Å². The number of nitrogens with zero attached hydrogens (tertiary/aromatic N) is 6. The number of hydrogen-bond donors (Lipinski definition) is 0. The first-order chi connectivity index (χ1) is 13.2. The molecule has 7 heteroatoms. The number of para-hydroxylation sites is 2. The van der Waals surface area contributed by atoms with Gasteiger partial charge in [-0.2, -0.15) is 0 Å². The number of imidazole rings is 1. The number of pyridine rings is 1. The van der Waals surface area contributed by atoms with E-state index >= 15 is 0 Å². The van der Waals surface area contributed by atoms with Crippen molar-refractivity contribution in [3.8, 4) is 11.4 Å². The van der Waals surface area contributed by atoms with Crippen molar-refractivity contribution in [2.75, 3.05) is 13.6 Å². The van der Waals surface area contributed by atoms with Crippen molar-refractivity contribution in [2.24, 2.45) is 0 Å². The van der Waals surface area contributed by atoms with Crippen LogP contribution in [0.3, 0.4) is 0 Å². The zero-order chi connectivity index (χ0) is 18.6. The Labute approximate surface area is 156 Å². The number of fused-ring (bicyclic) bond motifs is 1. The van der Waals surface area contributed by atoms with Crippen LogP contribution in [0.4, 0.5) is 0 Å². The Kier molecular flexibility index (Phi) is 4.57. The van der Waals surface area contributed by atoms with Crippen LogP contribution in [0, 0.1) is 0 Å². The van der Waals surface area contributed by atoms with E-state index in [2.05, 4.69) is 19.9 Å². The number of amides is 1. The van der Waals surface area contributed by atoms with E-state index in [1.165, 1.54) is 0 Å². The van der Waals surface area contributed by atoms with Crippen LogP contribution >= 0.6 is 0 Å². The molecule has 0 aliphatic heterocycles. The van der Waals surface area contributed by atoms with Gasteiger partial charge in [0, 0.05) is 50.5 Å². The summed E-state index contributed by atoms with van der Waals surface area (Å²) < 4.78 is 2.04. The van der Waals surface area contributed by atoms with Gasteiger partial charge in [0.05, 0.1) is 22.9 Å². The zero-order valence-electron chi connectivity index (χ0n) is 14.9. The van der Waals surface area contributed by atoms with Gasteiger partial charge in [-0.3, -0.25) is 9.78 Å². The van der Waals surface area contributed by atoms with Gasteiger partial charge in [0.1, 0.15) is 0 Å². The molecule has 4 aromatic rings. The van der Waals surface area contributed by atoms with Crippen molar-refractivity contribution in [2.45, 2.75) is 6.54 Å². The minimum absolute atomic E-state index is 0.110. The highest BCUT2D eigenvalue weighted by molar-refractivity contribution is 5.93. The molecule has 0 radical (unpaired) electrons. The van der Waals surface area contributed by atoms with Gasteiger partial charge in [0.2, 0.25) is 0 Å². The average molecular weight is 358 g/mol. The van der Waals surface area contributed by atoms with E-state index < -0.39 is 0 Å². The number of hydrogen-bond acceptors (Lipinski definition) is 5. The van der Waals surface area contributed by atoms with Gasteiger partial charge in [-0.25, -0.2) is 15.0 Å². The summed E-state index contributed by atoms with van der Waals surface area (Å²) in [5, 5.41) is 0. The van der Waals surface area contributed by atoms with E-state index in [-0.39, 0.29) is 5.91 Å². The SMILES string of the molecule is CN(CCn1cnc2ccccc21)C(=O)c1cnc(-c2ccncc2)nc1. The van der Waals surface area contributed by atoms with E-state index in [0.29, 0.717) is 24.5 Å². The second-order valence-electron chi connectivity index (χ2n) is 6.18. The maximum Gasteiger partial charge on any atom is 0.256 e. The molecule has 3 heterocycles. The molecule has 1 amide bonds. The summed E-state index contributed by atoms with van der Waals surface area (Å²) in [4.78, 5) is 31.2. The van der Waals surface area contributed by atoms with Crippen molar-refractivity contribution in [1.29, 1.82) is 0 Å². The predicted molar refractivity (Wildman–Crippen MR) is 102 cm³/mol. The molecule has 1 aromatic carbocycles. The lowest BCUT2D eigenvalue weighted by atomic mass is 10.2. The highest BCUT2D eigenvalue weighted by Gasteiger charge is 2.13. The smallest absolute Gasteiger partial charge is 0.256 e. The van der Waals surface area contributed by atoms with Gasteiger partial charge >= 0.3 is 0 Å². The van der Waals surface area contributed by atoms with Crippen LogP contribution in [0.1, 0.15) is 10.4 Å². The number of aromatic nitrogens is 5. The van der Waals surface area contributed by atoms with Gasteiger partial charge < -0.3 is 9.47 Å². The summed E-state index contributed by atoms with van der Waals surface area (Å²) in [6.07, 6.45) is 8.30. The third kappa shape index (κ3) is 3.52. The van der Waals surface area contributed by atoms with Crippen LogP contribution in [0.5, 0.6) is 0 Å². The van der Waals surface area contributed by atoms with Gasteiger partial charge in [-0.1, -0.05) is 12.1 Å². The Morgan fingerprint density at radius 3 is 2.56 bits per heavy atom. The largest absolute Gasteiger partial charge is 0.340 e. The molecule has 134 valence electrons. The lowest BCUT2D eigenvalue weighted by Gasteiger charge is -2.17. The monoisotopic (exact) mass is 358 g/mol. The molecule has 0 aliphatic rings. The lowest BCUT2D eigenvalue weighted by molar-refractivity contribution is 0.0790. The summed E-state index contributed by atoms with van der Waals surface area (Å²) >= 11 is 0. The maximum atomic E-state index is 12.6. The second-order valence-corrected chi connectivity index (χ2v) is 6.18. The summed E-state index contributed by atoms with van der Waals surface area (Å²) in [7, 11) is 1.78. The van der Waals surface area contributed by atoms with Crippen molar-refractivity contribution in [1.82, 2.24) is 29.4 Å². The van der Waals surface area contributed by atoms with Crippen LogP contribution < -0.4 is 0 Å². The van der Waals surface area contributed by atoms with Crippen molar-refractivity contribution in [3.63, 3.8) is 0 Å². The molecule has 0 saturated heterocycles. The number of benzene rings is 1. The topological polar surface area (TPSA) is 76.8 Å². The van der Waals surface area contributed by atoms with Crippen molar-refractivity contribution in [3.05, 3.63) is 73.1 Å². The highest BCUT2D eigenvalue weighted by Crippen LogP contribution is 2.14. The fraction of sp³-hybridized carbons (Fsp3) is 0.150. The average Bonchev–Trinajstić information content (AvgIpc) is 3.15. The Balaban J connectivity index is 1.43. The zero-order valence-corrected chi connectivity index (χ0v) is 14.9. The van der Waals surface area contributed by atoms with Crippen molar-refractivity contribution >= 4 is 16.9 Å². The minimum Gasteiger partial charge on any atom is -0.340 e. The van der Waals surface area contributed by atoms with E-state index in [9.17, 15) is 4.79 Å². The number of carbonyl (C=O) groups excluding carboxylic acids is 1. The van der Waals surface area contributed by atoms with Crippen LogP contribution in [-0.4, -0.2) is 48.9 Å². The number of likely N-dealkylation sites (N-methyl/N-ethyl adjacent to an activating group) is 1. The molecule has 27 heavy (non-hydrogen) atoms. The summed E-state index contributed by atoms with van der Waals surface area (Å²) in [6.45, 7) is 1.23. The first-order valence-corrected chi connectivity index (χ1v) is 8.60. The first kappa shape index (κ1) is 16.8. The summed E-state index contributed by atoms with van der Waals surface area (Å²) in [5.41, 5.74) is 3.34. The quantitative estimate of drug-likeness (QED) is 0.548. The molecule has 0 spiro atoms. The molecule has 0 bridgehead atoms. The Morgan fingerprint density at radius 1 is 1.04 bits per heavy atom. The van der Waals surface area contributed by atoms with Gasteiger partial charge in [-0.15, -0.1) is 0 Å². The maximum absolute atomic E-state index is 12.6. The van der Waals surface area contributed by atoms with Crippen LogP contribution in [-0.2, 0) is 6.54 Å². The molecule has 7 nitrogen and oxygen atoms in total. The van der Waals surface area contributed by atoms with Crippen LogP contribution in [0.2, 0.25) is 0 Å². The number of rotatable bonds is 5. The minimum atomic E-state index is -0.110. The Bertz CT molecular complexity index is 1060. The molecular formula is C20H18N6O. The number of carbonyl (C=O) groups is 1. The fourth-order valence-electron chi connectivity index (χ4n) is 2.86. The third-order valence-corrected chi connectivity index (χ3v) is 4.39. The van der Waals surface area contributed by atoms with Gasteiger partial charge in [-0.05, 0) is 24.3 Å². The molecule has 0 unspecified atom stereocenters. The molecule has 3 aromatic heterocycles. The molecular weight excluding hydrogens is 340 g/mol. The lowest BCUT2D eigenvalue weighted by Crippen LogP contribution is -2.30. The second kappa shape index (κ2) is 7.33. The van der Waals surface area contributed by atoms with E-state index in [4.69, 9.17) is 0 Å². The van der Waals surface area contributed by atoms with Gasteiger partial charge in [0.25, 0.3) is 5.91 Å². The normalized spacial score (nSPS) is 10.9. The molecule has 0 saturated carbocycles. The summed E-state index contributed by atoms with van der Waals surface area (Å²) in [5.74, 6) is 0.460. The van der Waals surface area contributed by atoms with Crippen molar-refractivity contribution < 1.29 is 4.79 Å². The predicted octanol–water partition coefficient (Wildman–Crippen LogP) is 2.66. The van der Waals surface area contributed by atoms with Crippen LogP contribution in [0.15, 0.2) is 67.5 Å². The van der Waals surface area contributed by atoms with E-state index in [0.717, 1.165) is 16.6 Å². The Hall–Kier alpha value is -3.61. The molecule has 0 atom stereocenters. The molecule has 4 rings (SSSR count). The third-order valence-electron chi connectivity index (χ3n) is 4.39. The van der Waals surface area contributed by atoms with E-state index in [1.54, 1.807) is 43.1 Å². The standard InChI is InChI=1S/C20H18N6O/c1-25(10-11-26-14-24-17-4-2-3-5-18(17)26)20(27)16-12-22-19(23-13-16)15-6-8-21-9-7-15/h2-9,12-14H,10-11H2,1H3. The highest BCUT2D eigenvalue weighted by atomic mass is 16.2. The first-order valence-electron chi connectivity index (χ1n) is 8.60. The van der Waals surface area contributed by atoms with Crippen LogP contribution in [0.25, 0.3) is 22.4 Å². The molecule has 0 aliphatic carbocycles. The Morgan fingerprint density at radius 2 is 1.78 bits per heavy atom.